The zero-order chi connectivity index (χ0) is 16.7. The van der Waals surface area contributed by atoms with Gasteiger partial charge in [0, 0.05) is 10.6 Å². The molecule has 0 unspecified atom stereocenters. The normalized spacial score (nSPS) is 11.8. The summed E-state index contributed by atoms with van der Waals surface area (Å²) < 4.78 is 24.3. The molecular weight excluding hydrogens is 348 g/mol. The third-order valence-corrected chi connectivity index (χ3v) is 3.53. The van der Waals surface area contributed by atoms with E-state index in [0.717, 1.165) is 0 Å². The summed E-state index contributed by atoms with van der Waals surface area (Å²) in [5, 5.41) is 5.00. The Morgan fingerprint density at radius 3 is 2.26 bits per heavy atom. The number of thioether (sulfide) groups is 1. The molecule has 0 aliphatic heterocycles. The first-order valence-corrected chi connectivity index (χ1v) is 7.55. The van der Waals surface area contributed by atoms with Gasteiger partial charge < -0.3 is 16.4 Å². The zero-order valence-electron chi connectivity index (χ0n) is 12.7. The van der Waals surface area contributed by atoms with Crippen LogP contribution in [0.5, 0.6) is 0 Å². The van der Waals surface area contributed by atoms with E-state index in [9.17, 15) is 18.4 Å². The van der Waals surface area contributed by atoms with Crippen LogP contribution in [-0.4, -0.2) is 30.2 Å². The summed E-state index contributed by atoms with van der Waals surface area (Å²) in [5.41, 5.74) is 6.11. The maximum absolute atomic E-state index is 12.2. The van der Waals surface area contributed by atoms with E-state index in [1.165, 1.54) is 24.3 Å². The topological polar surface area (TPSA) is 84.2 Å². The Morgan fingerprint density at radius 2 is 1.78 bits per heavy atom. The average Bonchev–Trinajstić information content (AvgIpc) is 2.45. The lowest BCUT2D eigenvalue weighted by molar-refractivity contribution is -0.125. The van der Waals surface area contributed by atoms with Gasteiger partial charge in [-0.2, -0.15) is 8.78 Å². The molecule has 0 saturated heterocycles. The van der Waals surface area contributed by atoms with Crippen LogP contribution in [0.25, 0.3) is 0 Å². The molecule has 0 saturated carbocycles. The minimum Gasteiger partial charge on any atom is -0.346 e. The van der Waals surface area contributed by atoms with Crippen molar-refractivity contribution in [2.45, 2.75) is 30.5 Å². The zero-order valence-corrected chi connectivity index (χ0v) is 14.3. The van der Waals surface area contributed by atoms with Crippen molar-refractivity contribution in [2.24, 2.45) is 11.7 Å². The fourth-order valence-electron chi connectivity index (χ4n) is 1.51. The molecular formula is C14H20ClF2N3O2S. The molecule has 1 aromatic rings. The fourth-order valence-corrected chi connectivity index (χ4v) is 2.01. The maximum Gasteiger partial charge on any atom is 0.288 e. The number of hydrogen-bond donors (Lipinski definition) is 3. The van der Waals surface area contributed by atoms with Crippen molar-refractivity contribution in [3.05, 3.63) is 24.3 Å². The molecule has 4 N–H and O–H groups in total. The Morgan fingerprint density at radius 1 is 1.22 bits per heavy atom. The minimum atomic E-state index is -2.49. The molecule has 0 bridgehead atoms. The Labute approximate surface area is 144 Å². The first-order valence-electron chi connectivity index (χ1n) is 6.67. The number of alkyl halides is 2. The monoisotopic (exact) mass is 367 g/mol. The third kappa shape index (κ3) is 8.15. The van der Waals surface area contributed by atoms with Crippen LogP contribution in [0.15, 0.2) is 29.2 Å². The first-order chi connectivity index (χ1) is 10.3. The van der Waals surface area contributed by atoms with E-state index in [4.69, 9.17) is 5.73 Å². The smallest absolute Gasteiger partial charge is 0.288 e. The second kappa shape index (κ2) is 10.4. The lowest BCUT2D eigenvalue weighted by Crippen LogP contribution is -2.46. The van der Waals surface area contributed by atoms with Gasteiger partial charge in [-0.1, -0.05) is 25.6 Å². The lowest BCUT2D eigenvalue weighted by Gasteiger charge is -2.15. The van der Waals surface area contributed by atoms with Gasteiger partial charge in [-0.15, -0.1) is 12.4 Å². The molecule has 1 atom stereocenters. The summed E-state index contributed by atoms with van der Waals surface area (Å²) in [6.07, 6.45) is 0. The van der Waals surface area contributed by atoms with Gasteiger partial charge in [0.1, 0.15) is 0 Å². The average molecular weight is 368 g/mol. The predicted molar refractivity (Wildman–Crippen MR) is 90.0 cm³/mol. The SMILES string of the molecule is CC(C)[C@H](N)C(=O)NCC(=O)Nc1ccc(SC(F)F)cc1.Cl. The maximum atomic E-state index is 12.2. The van der Waals surface area contributed by atoms with Gasteiger partial charge in [0.25, 0.3) is 5.76 Å². The van der Waals surface area contributed by atoms with Crippen molar-refractivity contribution in [2.75, 3.05) is 11.9 Å². The van der Waals surface area contributed by atoms with E-state index >= 15 is 0 Å². The van der Waals surface area contributed by atoms with E-state index < -0.39 is 23.6 Å². The number of anilines is 1. The van der Waals surface area contributed by atoms with Crippen molar-refractivity contribution >= 4 is 41.7 Å². The van der Waals surface area contributed by atoms with Crippen molar-refractivity contribution in [1.29, 1.82) is 0 Å². The number of hydrogen-bond acceptors (Lipinski definition) is 4. The minimum absolute atomic E-state index is 0. The summed E-state index contributed by atoms with van der Waals surface area (Å²) in [6.45, 7) is 3.42. The van der Waals surface area contributed by atoms with Crippen molar-refractivity contribution < 1.29 is 18.4 Å². The molecule has 9 heteroatoms. The van der Waals surface area contributed by atoms with Gasteiger partial charge in [-0.25, -0.2) is 0 Å². The predicted octanol–water partition coefficient (Wildman–Crippen LogP) is 2.46. The van der Waals surface area contributed by atoms with E-state index in [-0.39, 0.29) is 24.9 Å². The highest BCUT2D eigenvalue weighted by molar-refractivity contribution is 7.99. The Bertz CT molecular complexity index is 515. The van der Waals surface area contributed by atoms with E-state index in [1.807, 2.05) is 13.8 Å². The number of rotatable bonds is 7. The first kappa shape index (κ1) is 21.6. The van der Waals surface area contributed by atoms with Crippen LogP contribution in [0, 0.1) is 5.92 Å². The summed E-state index contributed by atoms with van der Waals surface area (Å²) >= 11 is 0.429. The lowest BCUT2D eigenvalue weighted by atomic mass is 10.1. The van der Waals surface area contributed by atoms with Gasteiger partial charge >= 0.3 is 0 Å². The summed E-state index contributed by atoms with van der Waals surface area (Å²) in [4.78, 5) is 23.7. The summed E-state index contributed by atoms with van der Waals surface area (Å²) in [7, 11) is 0. The molecule has 0 aliphatic carbocycles. The molecule has 130 valence electrons. The molecule has 1 rings (SSSR count). The summed E-state index contributed by atoms with van der Waals surface area (Å²) in [5.74, 6) is -3.32. The van der Waals surface area contributed by atoms with E-state index in [1.54, 1.807) is 0 Å². The highest BCUT2D eigenvalue weighted by Crippen LogP contribution is 2.26. The van der Waals surface area contributed by atoms with Crippen LogP contribution in [0.4, 0.5) is 14.5 Å². The number of nitrogens with two attached hydrogens (primary N) is 1. The molecule has 5 nitrogen and oxygen atoms in total. The van der Waals surface area contributed by atoms with E-state index in [0.29, 0.717) is 22.3 Å². The van der Waals surface area contributed by atoms with Gasteiger partial charge in [0.2, 0.25) is 11.8 Å². The Hall–Kier alpha value is -1.38. The van der Waals surface area contributed by atoms with Crippen molar-refractivity contribution in [3.8, 4) is 0 Å². The van der Waals surface area contributed by atoms with Crippen molar-refractivity contribution in [3.63, 3.8) is 0 Å². The molecule has 0 radical (unpaired) electrons. The number of halogens is 3. The molecule has 0 spiro atoms. The molecule has 0 heterocycles. The van der Waals surface area contributed by atoms with Gasteiger partial charge in [0.05, 0.1) is 12.6 Å². The van der Waals surface area contributed by atoms with Crippen LogP contribution < -0.4 is 16.4 Å². The molecule has 2 amide bonds. The highest BCUT2D eigenvalue weighted by atomic mass is 35.5. The second-order valence-corrected chi connectivity index (χ2v) is 6.00. The molecule has 0 aliphatic rings. The highest BCUT2D eigenvalue weighted by Gasteiger charge is 2.17. The fraction of sp³-hybridized carbons (Fsp3) is 0.429. The standard InChI is InChI=1S/C14H19F2N3O2S.ClH/c1-8(2)12(17)13(21)18-7-11(20)19-9-3-5-10(6-4-9)22-14(15)16;/h3-6,8,12,14H,7,17H2,1-2H3,(H,18,21)(H,19,20);1H/t12-;/m0./s1. The van der Waals surface area contributed by atoms with Crippen LogP contribution in [-0.2, 0) is 9.59 Å². The van der Waals surface area contributed by atoms with Crippen LogP contribution in [0.2, 0.25) is 0 Å². The van der Waals surface area contributed by atoms with Crippen LogP contribution >= 0.6 is 24.2 Å². The number of benzene rings is 1. The third-order valence-electron chi connectivity index (χ3n) is 2.81. The molecule has 23 heavy (non-hydrogen) atoms. The van der Waals surface area contributed by atoms with Crippen LogP contribution in [0.1, 0.15) is 13.8 Å². The molecule has 1 aromatic carbocycles. The summed E-state index contributed by atoms with van der Waals surface area (Å²) in [6, 6.07) is 5.34. The number of amides is 2. The largest absolute Gasteiger partial charge is 0.346 e. The molecule has 0 aromatic heterocycles. The number of nitrogens with one attached hydrogen (secondary N) is 2. The van der Waals surface area contributed by atoms with E-state index in [2.05, 4.69) is 10.6 Å². The Kier molecular flexibility index (Phi) is 9.78. The van der Waals surface area contributed by atoms with Gasteiger partial charge in [-0.3, -0.25) is 9.59 Å². The Balaban J connectivity index is 0.00000484. The quantitative estimate of drug-likeness (QED) is 0.646. The van der Waals surface area contributed by atoms with Gasteiger partial charge in [-0.05, 0) is 30.2 Å². The van der Waals surface area contributed by atoms with Crippen molar-refractivity contribution in [1.82, 2.24) is 5.32 Å². The van der Waals surface area contributed by atoms with Crippen LogP contribution in [0.3, 0.4) is 0 Å². The number of carbonyl (C=O) groups is 2. The molecule has 0 fully saturated rings. The van der Waals surface area contributed by atoms with Gasteiger partial charge in [0.15, 0.2) is 0 Å². The number of carbonyl (C=O) groups excluding carboxylic acids is 2. The second-order valence-electron chi connectivity index (χ2n) is 4.94.